The number of aromatic nitrogens is 6. The Bertz CT molecular complexity index is 1870. The molecule has 0 spiro atoms. The van der Waals surface area contributed by atoms with Gasteiger partial charge in [-0.05, 0) is 48.4 Å². The molecule has 4 aromatic heterocycles. The van der Waals surface area contributed by atoms with Crippen LogP contribution in [0.15, 0.2) is 77.1 Å². The molecule has 42 heavy (non-hydrogen) atoms. The van der Waals surface area contributed by atoms with E-state index in [0.29, 0.717) is 28.5 Å². The highest BCUT2D eigenvalue weighted by Gasteiger charge is 2.26. The molecule has 0 radical (unpaired) electrons. The van der Waals surface area contributed by atoms with E-state index in [1.54, 1.807) is 56.3 Å². The number of allylic oxidation sites excluding steroid dienone is 1. The zero-order chi connectivity index (χ0) is 29.9. The highest BCUT2D eigenvalue weighted by Crippen LogP contribution is 2.41. The van der Waals surface area contributed by atoms with E-state index in [1.807, 2.05) is 0 Å². The smallest absolute Gasteiger partial charge is 0.280 e. The number of hydrogen-bond acceptors (Lipinski definition) is 12. The average molecular weight is 588 g/mol. The van der Waals surface area contributed by atoms with Gasteiger partial charge in [-0.15, -0.1) is 0 Å². The Morgan fingerprint density at radius 2 is 1.74 bits per heavy atom. The topological polar surface area (TPSA) is 164 Å². The van der Waals surface area contributed by atoms with E-state index in [1.165, 1.54) is 32.7 Å². The van der Waals surface area contributed by atoms with Gasteiger partial charge in [0.25, 0.3) is 15.9 Å². The van der Waals surface area contributed by atoms with E-state index in [9.17, 15) is 8.42 Å². The Balaban J connectivity index is 1.63. The number of ether oxygens (including phenoxy) is 3. The largest absolute Gasteiger partial charge is 0.493 e. The number of para-hydroxylation sites is 2. The van der Waals surface area contributed by atoms with E-state index in [0.717, 1.165) is 5.57 Å². The molecule has 0 aliphatic rings. The number of aryl methyl sites for hydroxylation is 1. The van der Waals surface area contributed by atoms with Crippen molar-refractivity contribution >= 4 is 21.4 Å². The molecule has 214 valence electrons. The fourth-order valence-corrected chi connectivity index (χ4v) is 4.67. The lowest BCUT2D eigenvalue weighted by molar-refractivity contribution is 0.348. The molecule has 0 aliphatic carbocycles. The van der Waals surface area contributed by atoms with Crippen LogP contribution in [0.3, 0.4) is 0 Å². The zero-order valence-electron chi connectivity index (χ0n) is 23.0. The van der Waals surface area contributed by atoms with E-state index >= 15 is 0 Å². The van der Waals surface area contributed by atoms with Crippen LogP contribution in [0.4, 0.5) is 5.82 Å². The van der Waals surface area contributed by atoms with Gasteiger partial charge in [0.15, 0.2) is 28.2 Å². The monoisotopic (exact) mass is 587 g/mol. The van der Waals surface area contributed by atoms with Crippen LogP contribution in [0.2, 0.25) is 0 Å². The summed E-state index contributed by atoms with van der Waals surface area (Å²) in [6, 6.07) is 13.1. The molecule has 0 aliphatic heterocycles. The molecule has 0 amide bonds. The van der Waals surface area contributed by atoms with Gasteiger partial charge in [-0.25, -0.2) is 9.97 Å². The van der Waals surface area contributed by atoms with Gasteiger partial charge >= 0.3 is 0 Å². The van der Waals surface area contributed by atoms with Crippen molar-refractivity contribution in [1.82, 2.24) is 30.1 Å². The first-order valence-corrected chi connectivity index (χ1v) is 13.9. The maximum absolute atomic E-state index is 13.5. The lowest BCUT2D eigenvalue weighted by Gasteiger charge is -2.17. The first-order chi connectivity index (χ1) is 20.2. The number of benzene rings is 1. The third-order valence-corrected chi connectivity index (χ3v) is 7.07. The molecule has 1 aromatic carbocycles. The molecule has 5 rings (SSSR count). The number of hydrogen-bond donors (Lipinski definition) is 1. The Morgan fingerprint density at radius 1 is 0.952 bits per heavy atom. The summed E-state index contributed by atoms with van der Waals surface area (Å²) < 4.78 is 51.5. The van der Waals surface area contributed by atoms with Crippen LogP contribution >= 0.6 is 0 Å². The minimum absolute atomic E-state index is 0.0528. The molecule has 14 heteroatoms. The highest BCUT2D eigenvalue weighted by atomic mass is 32.2. The molecule has 5 aromatic rings. The van der Waals surface area contributed by atoms with E-state index in [4.69, 9.17) is 18.7 Å². The molecule has 13 nitrogen and oxygen atoms in total. The molecule has 0 atom stereocenters. The molecule has 4 heterocycles. The van der Waals surface area contributed by atoms with Crippen molar-refractivity contribution < 1.29 is 27.2 Å². The van der Waals surface area contributed by atoms with Gasteiger partial charge < -0.3 is 18.7 Å². The number of methoxy groups -OCH3 is 2. The second-order valence-corrected chi connectivity index (χ2v) is 10.5. The third-order valence-electron chi connectivity index (χ3n) is 5.82. The Morgan fingerprint density at radius 3 is 2.38 bits per heavy atom. The second kappa shape index (κ2) is 11.6. The van der Waals surface area contributed by atoms with Gasteiger partial charge in [-0.2, -0.15) is 18.4 Å². The number of nitrogens with one attached hydrogen (secondary N) is 1. The molecule has 0 saturated heterocycles. The fraction of sp³-hybridized carbons (Fsp3) is 0.143. The van der Waals surface area contributed by atoms with Gasteiger partial charge in [0.2, 0.25) is 17.5 Å². The van der Waals surface area contributed by atoms with Crippen molar-refractivity contribution in [2.45, 2.75) is 18.9 Å². The van der Waals surface area contributed by atoms with Crippen LogP contribution in [0.1, 0.15) is 18.4 Å². The predicted molar refractivity (Wildman–Crippen MR) is 153 cm³/mol. The number of rotatable bonds is 10. The summed E-state index contributed by atoms with van der Waals surface area (Å²) in [6.07, 6.45) is 2.94. The van der Waals surface area contributed by atoms with Gasteiger partial charge in [0.05, 0.1) is 14.2 Å². The lowest BCUT2D eigenvalue weighted by atomic mass is 10.2. The van der Waals surface area contributed by atoms with Gasteiger partial charge in [0, 0.05) is 24.9 Å². The minimum Gasteiger partial charge on any atom is -0.493 e. The molecule has 1 N–H and O–H groups in total. The number of anilines is 1. The molecular formula is C28H25N7O6S. The Kier molecular flexibility index (Phi) is 7.80. The third kappa shape index (κ3) is 5.88. The summed E-state index contributed by atoms with van der Waals surface area (Å²) in [4.78, 5) is 21.6. The lowest BCUT2D eigenvalue weighted by Crippen LogP contribution is -2.17. The van der Waals surface area contributed by atoms with E-state index < -0.39 is 10.0 Å². The number of nitrogens with zero attached hydrogens (tertiary/aromatic N) is 6. The Hall–Kier alpha value is -5.37. The zero-order valence-corrected chi connectivity index (χ0v) is 23.8. The van der Waals surface area contributed by atoms with Crippen LogP contribution in [0.5, 0.6) is 23.1 Å². The normalized spacial score (nSPS) is 11.1. The summed E-state index contributed by atoms with van der Waals surface area (Å²) >= 11 is 0. The summed E-state index contributed by atoms with van der Waals surface area (Å²) in [5.41, 5.74) is 2.30. The number of sulfonamides is 1. The number of pyridine rings is 2. The minimum atomic E-state index is -4.25. The maximum atomic E-state index is 13.5. The molecule has 0 bridgehead atoms. The van der Waals surface area contributed by atoms with Crippen molar-refractivity contribution in [2.75, 3.05) is 18.9 Å². The summed E-state index contributed by atoms with van der Waals surface area (Å²) in [5.74, 6) is 1.05. The first kappa shape index (κ1) is 28.2. The van der Waals surface area contributed by atoms with Crippen molar-refractivity contribution in [3.8, 4) is 46.0 Å². The maximum Gasteiger partial charge on any atom is 0.280 e. The molecule has 0 saturated carbocycles. The second-order valence-electron chi connectivity index (χ2n) is 8.82. The van der Waals surface area contributed by atoms with Crippen molar-refractivity contribution in [2.24, 2.45) is 0 Å². The predicted octanol–water partition coefficient (Wildman–Crippen LogP) is 4.94. The van der Waals surface area contributed by atoms with Crippen molar-refractivity contribution in [3.05, 3.63) is 79.0 Å². The summed E-state index contributed by atoms with van der Waals surface area (Å²) in [6.45, 7) is 7.31. The summed E-state index contributed by atoms with van der Waals surface area (Å²) in [5, 5.41) is 3.66. The SMILES string of the molecule is C=C(C)c1ccc(S(=O)(=O)Nc2nc(-c3ccnc(-c4noc(C)n4)c3)nc(OC)c2Oc2ccccc2OC)nc1. The van der Waals surface area contributed by atoms with E-state index in [-0.39, 0.29) is 39.9 Å². The van der Waals surface area contributed by atoms with E-state index in [2.05, 4.69) is 41.4 Å². The molecule has 0 fully saturated rings. The molecular weight excluding hydrogens is 562 g/mol. The van der Waals surface area contributed by atoms with Crippen LogP contribution in [0, 0.1) is 6.92 Å². The molecule has 0 unspecified atom stereocenters. The standard InChI is InChI=1S/C28H25N7O6S/c1-16(2)19-10-11-23(30-15-19)42(36,37)35-27-24(40-22-9-7-6-8-21(22)38-4)28(39-5)33-25(32-27)18-12-13-29-20(14-18)26-31-17(3)41-34-26/h6-15H,1H2,2-5H3,(H,32,33,35). The quantitative estimate of drug-likeness (QED) is 0.234. The van der Waals surface area contributed by atoms with Crippen LogP contribution in [-0.2, 0) is 10.0 Å². The van der Waals surface area contributed by atoms with Crippen molar-refractivity contribution in [1.29, 1.82) is 0 Å². The van der Waals surface area contributed by atoms with Gasteiger partial charge in [-0.3, -0.25) is 9.71 Å². The van der Waals surface area contributed by atoms with Crippen LogP contribution in [0.25, 0.3) is 28.5 Å². The van der Waals surface area contributed by atoms with Crippen LogP contribution < -0.4 is 18.9 Å². The highest BCUT2D eigenvalue weighted by molar-refractivity contribution is 7.92. The Labute approximate surface area is 241 Å². The average Bonchev–Trinajstić information content (AvgIpc) is 3.44. The first-order valence-electron chi connectivity index (χ1n) is 12.4. The summed E-state index contributed by atoms with van der Waals surface area (Å²) in [7, 11) is -1.40. The van der Waals surface area contributed by atoms with Crippen LogP contribution in [-0.4, -0.2) is 52.7 Å². The fourth-order valence-electron chi connectivity index (χ4n) is 3.74. The van der Waals surface area contributed by atoms with Crippen molar-refractivity contribution in [3.63, 3.8) is 0 Å². The van der Waals surface area contributed by atoms with Gasteiger partial charge in [0.1, 0.15) is 5.69 Å². The van der Waals surface area contributed by atoms with Gasteiger partial charge in [-0.1, -0.05) is 29.9 Å².